The number of carboxylic acid groups (broad SMARTS) is 2. The van der Waals surface area contributed by atoms with Crippen LogP contribution in [0.3, 0.4) is 0 Å². The summed E-state index contributed by atoms with van der Waals surface area (Å²) in [5.41, 5.74) is 26.7. The van der Waals surface area contributed by atoms with E-state index in [0.717, 1.165) is 0 Å². The SMILES string of the molecule is NC(N)=NCCC[C@H](NC(=O)CNC(=O)[C@@H](N)CCCN=C(N)N)C(=O)N[C@@H](CC(=O)O)C(=O)N[C@@H](CO)C(=O)O. The first-order chi connectivity index (χ1) is 19.2. The highest BCUT2D eigenvalue weighted by Gasteiger charge is 2.31. The van der Waals surface area contributed by atoms with Crippen LogP contribution in [0.2, 0.25) is 0 Å². The summed E-state index contributed by atoms with van der Waals surface area (Å²) in [6.07, 6.45) is -0.256. The molecule has 20 nitrogen and oxygen atoms in total. The van der Waals surface area contributed by atoms with Crippen LogP contribution in [0.1, 0.15) is 32.1 Å². The Balaban J connectivity index is 5.38. The van der Waals surface area contributed by atoms with E-state index >= 15 is 0 Å². The number of aliphatic imine (C=N–C) groups is 2. The summed E-state index contributed by atoms with van der Waals surface area (Å²) in [5.74, 6) is -7.11. The number of nitrogens with one attached hydrogen (secondary N) is 4. The van der Waals surface area contributed by atoms with Crippen LogP contribution in [0, 0.1) is 0 Å². The summed E-state index contributed by atoms with van der Waals surface area (Å²) >= 11 is 0. The van der Waals surface area contributed by atoms with E-state index in [0.29, 0.717) is 6.42 Å². The lowest BCUT2D eigenvalue weighted by Gasteiger charge is -2.23. The molecule has 0 unspecified atom stereocenters. The van der Waals surface area contributed by atoms with Crippen LogP contribution < -0.4 is 49.9 Å². The summed E-state index contributed by atoms with van der Waals surface area (Å²) < 4.78 is 0. The quantitative estimate of drug-likeness (QED) is 0.0357. The number of rotatable bonds is 20. The number of nitrogens with two attached hydrogens (primary N) is 5. The van der Waals surface area contributed by atoms with Gasteiger partial charge in [0, 0.05) is 13.1 Å². The number of nitrogens with zero attached hydrogens (tertiary/aromatic N) is 2. The number of guanidine groups is 2. The summed E-state index contributed by atoms with van der Waals surface area (Å²) in [6, 6.07) is -5.84. The second-order valence-corrected chi connectivity index (χ2v) is 8.58. The second-order valence-electron chi connectivity index (χ2n) is 8.58. The largest absolute Gasteiger partial charge is 0.481 e. The molecule has 17 N–H and O–H groups in total. The maximum absolute atomic E-state index is 12.9. The van der Waals surface area contributed by atoms with E-state index in [9.17, 15) is 28.8 Å². The van der Waals surface area contributed by atoms with E-state index in [1.807, 2.05) is 5.32 Å². The summed E-state index contributed by atoms with van der Waals surface area (Å²) in [7, 11) is 0. The van der Waals surface area contributed by atoms with E-state index in [1.54, 1.807) is 0 Å². The van der Waals surface area contributed by atoms with Crippen molar-refractivity contribution < 1.29 is 44.1 Å². The molecule has 0 aromatic carbocycles. The fourth-order valence-corrected chi connectivity index (χ4v) is 3.08. The molecule has 0 rings (SSSR count). The van der Waals surface area contributed by atoms with Crippen molar-refractivity contribution in [1.82, 2.24) is 21.3 Å². The van der Waals surface area contributed by atoms with Gasteiger partial charge in [-0.25, -0.2) is 4.79 Å². The smallest absolute Gasteiger partial charge is 0.328 e. The number of aliphatic carboxylic acids is 2. The monoisotopic (exact) mass is 589 g/mol. The van der Waals surface area contributed by atoms with Gasteiger partial charge in [-0.15, -0.1) is 0 Å². The zero-order chi connectivity index (χ0) is 31.5. The highest BCUT2D eigenvalue weighted by atomic mass is 16.4. The average Bonchev–Trinajstić information content (AvgIpc) is 2.88. The van der Waals surface area contributed by atoms with E-state index in [4.69, 9.17) is 44.0 Å². The van der Waals surface area contributed by atoms with Crippen LogP contribution in [0.15, 0.2) is 9.98 Å². The topological polar surface area (TPSA) is 366 Å². The highest BCUT2D eigenvalue weighted by Crippen LogP contribution is 2.03. The molecule has 4 atom stereocenters. The number of carboxylic acids is 2. The molecule has 0 aliphatic heterocycles. The molecule has 41 heavy (non-hydrogen) atoms. The fraction of sp³-hybridized carbons (Fsp3) is 0.619. The van der Waals surface area contributed by atoms with Crippen molar-refractivity contribution in [3.8, 4) is 0 Å². The highest BCUT2D eigenvalue weighted by molar-refractivity contribution is 5.95. The Morgan fingerprint density at radius 2 is 1.22 bits per heavy atom. The van der Waals surface area contributed by atoms with Gasteiger partial charge < -0.3 is 65.3 Å². The Hall–Kier alpha value is -4.72. The molecule has 4 amide bonds. The van der Waals surface area contributed by atoms with E-state index in [1.165, 1.54) is 0 Å². The fourth-order valence-electron chi connectivity index (χ4n) is 3.08. The van der Waals surface area contributed by atoms with Crippen molar-refractivity contribution >= 4 is 47.5 Å². The molecule has 0 aromatic rings. The lowest BCUT2D eigenvalue weighted by molar-refractivity contribution is -0.144. The number of hydrogen-bond acceptors (Lipinski definition) is 10. The molecule has 232 valence electrons. The Labute approximate surface area is 234 Å². The van der Waals surface area contributed by atoms with Gasteiger partial charge in [0.2, 0.25) is 23.6 Å². The maximum Gasteiger partial charge on any atom is 0.328 e. The Morgan fingerprint density at radius 1 is 0.707 bits per heavy atom. The number of carbonyl (C=O) groups is 6. The first-order valence-corrected chi connectivity index (χ1v) is 12.3. The zero-order valence-electron chi connectivity index (χ0n) is 22.2. The van der Waals surface area contributed by atoms with E-state index in [2.05, 4.69) is 25.9 Å². The number of aliphatic hydroxyl groups excluding tert-OH is 1. The Bertz CT molecular complexity index is 982. The first kappa shape index (κ1) is 36.3. The van der Waals surface area contributed by atoms with Crippen LogP contribution in [0.25, 0.3) is 0 Å². The van der Waals surface area contributed by atoms with Gasteiger partial charge in [0.1, 0.15) is 18.1 Å². The molecule has 0 spiro atoms. The van der Waals surface area contributed by atoms with Crippen molar-refractivity contribution in [1.29, 1.82) is 0 Å². The normalized spacial score (nSPS) is 13.3. The predicted molar refractivity (Wildman–Crippen MR) is 144 cm³/mol. The minimum Gasteiger partial charge on any atom is -0.481 e. The minimum absolute atomic E-state index is 0.0588. The summed E-state index contributed by atoms with van der Waals surface area (Å²) in [4.78, 5) is 79.9. The Morgan fingerprint density at radius 3 is 1.71 bits per heavy atom. The molecule has 0 aliphatic carbocycles. The minimum atomic E-state index is -1.76. The van der Waals surface area contributed by atoms with Crippen LogP contribution in [0.5, 0.6) is 0 Å². The Kier molecular flexibility index (Phi) is 17.1. The molecule has 20 heteroatoms. The van der Waals surface area contributed by atoms with Crippen LogP contribution in [0.4, 0.5) is 0 Å². The molecule has 0 bridgehead atoms. The van der Waals surface area contributed by atoms with Crippen LogP contribution in [-0.2, 0) is 28.8 Å². The van der Waals surface area contributed by atoms with Crippen LogP contribution >= 0.6 is 0 Å². The van der Waals surface area contributed by atoms with Gasteiger partial charge in [-0.1, -0.05) is 0 Å². The molecule has 0 heterocycles. The number of amides is 4. The third-order valence-electron chi connectivity index (χ3n) is 5.13. The maximum atomic E-state index is 12.9. The lowest BCUT2D eigenvalue weighted by Crippen LogP contribution is -2.57. The van der Waals surface area contributed by atoms with Crippen molar-refractivity contribution in [2.45, 2.75) is 56.3 Å². The van der Waals surface area contributed by atoms with Gasteiger partial charge in [-0.05, 0) is 25.7 Å². The van der Waals surface area contributed by atoms with Crippen molar-refractivity contribution in [2.24, 2.45) is 38.7 Å². The van der Waals surface area contributed by atoms with Crippen molar-refractivity contribution in [3.05, 3.63) is 0 Å². The summed E-state index contributed by atoms with van der Waals surface area (Å²) in [5, 5.41) is 36.0. The number of carbonyl (C=O) groups excluding carboxylic acids is 4. The lowest BCUT2D eigenvalue weighted by atomic mass is 10.1. The van der Waals surface area contributed by atoms with Gasteiger partial charge >= 0.3 is 11.9 Å². The average molecular weight is 590 g/mol. The van der Waals surface area contributed by atoms with Crippen molar-refractivity contribution in [3.63, 3.8) is 0 Å². The van der Waals surface area contributed by atoms with Gasteiger partial charge in [-0.3, -0.25) is 34.0 Å². The van der Waals surface area contributed by atoms with Gasteiger partial charge in [-0.2, -0.15) is 0 Å². The molecule has 0 saturated heterocycles. The molecule has 0 fully saturated rings. The molecule has 0 saturated carbocycles. The molecular weight excluding hydrogens is 550 g/mol. The third kappa shape index (κ3) is 16.8. The van der Waals surface area contributed by atoms with Gasteiger partial charge in [0.25, 0.3) is 0 Å². The van der Waals surface area contributed by atoms with Crippen LogP contribution in [-0.4, -0.2) is 113 Å². The van der Waals surface area contributed by atoms with E-state index in [-0.39, 0.29) is 44.3 Å². The summed E-state index contributed by atoms with van der Waals surface area (Å²) in [6.45, 7) is -1.26. The standard InChI is InChI=1S/C21H39N11O9/c22-10(3-1-5-27-20(23)24)16(37)29-8-14(34)30-11(4-2-6-28-21(25)26)17(38)31-12(7-15(35)36)18(39)32-13(9-33)19(40)41/h10-13,33H,1-9,22H2,(H,29,37)(H,30,34)(H,31,38)(H,32,39)(H,35,36)(H,40,41)(H4,23,24,27)(H4,25,26,28)/t10-,11-,12-,13-/m0/s1. The number of hydrogen-bond donors (Lipinski definition) is 12. The first-order valence-electron chi connectivity index (χ1n) is 12.3. The molecule has 0 radical (unpaired) electrons. The third-order valence-corrected chi connectivity index (χ3v) is 5.13. The predicted octanol–water partition coefficient (Wildman–Crippen LogP) is -6.46. The molecule has 0 aliphatic rings. The van der Waals surface area contributed by atoms with E-state index < -0.39 is 79.3 Å². The second kappa shape index (κ2) is 19.4. The number of aliphatic hydroxyl groups is 1. The molecule has 0 aromatic heterocycles. The zero-order valence-corrected chi connectivity index (χ0v) is 22.2. The van der Waals surface area contributed by atoms with Crippen molar-refractivity contribution in [2.75, 3.05) is 26.2 Å². The van der Waals surface area contributed by atoms with Gasteiger partial charge in [0.05, 0.1) is 25.6 Å². The molecular formula is C21H39N11O9. The van der Waals surface area contributed by atoms with Gasteiger partial charge in [0.15, 0.2) is 11.9 Å².